The zero-order chi connectivity index (χ0) is 50.7. The lowest BCUT2D eigenvalue weighted by atomic mass is 10.0. The second-order valence-corrected chi connectivity index (χ2v) is 22.5. The molecule has 418 valence electrons. The third-order valence-electron chi connectivity index (χ3n) is 15.4. The number of esters is 1. The van der Waals surface area contributed by atoms with Crippen molar-refractivity contribution in [3.63, 3.8) is 0 Å². The van der Waals surface area contributed by atoms with Gasteiger partial charge < -0.3 is 20.3 Å². The number of ether oxygens (including phenoxy) is 1. The molecule has 6 heteroatoms. The van der Waals surface area contributed by atoms with Crippen molar-refractivity contribution in [1.29, 1.82) is 0 Å². The molecule has 0 aromatic carbocycles. The van der Waals surface area contributed by atoms with Gasteiger partial charge in [0.2, 0.25) is 5.91 Å². The summed E-state index contributed by atoms with van der Waals surface area (Å²) in [6.07, 6.45) is 71.2. The average Bonchev–Trinajstić information content (AvgIpc) is 3.36. The summed E-state index contributed by atoms with van der Waals surface area (Å²) in [4.78, 5) is 24.6. The zero-order valence-corrected chi connectivity index (χ0v) is 47.8. The highest BCUT2D eigenvalue weighted by Gasteiger charge is 2.20. The fourth-order valence-corrected chi connectivity index (χ4v) is 10.5. The van der Waals surface area contributed by atoms with Gasteiger partial charge in [-0.15, -0.1) is 0 Å². The molecule has 0 fully saturated rings. The molecule has 0 saturated heterocycles. The molecule has 0 saturated carbocycles. The standard InChI is InChI=1S/C64H127NO5/c1-3-5-7-9-11-13-15-17-18-19-20-21-22-24-27-30-33-36-40-44-48-52-56-62(67)61(60-66)65-63(68)57-53-49-45-41-37-34-31-28-25-23-26-29-32-35-39-43-47-51-55-59-70-64(69)58-54-50-46-42-38-16-14-12-10-8-6-4-2/h61-62,66-67H,3-60H2,1-2H3,(H,65,68). The van der Waals surface area contributed by atoms with Crippen molar-refractivity contribution in [2.45, 2.75) is 386 Å². The van der Waals surface area contributed by atoms with E-state index in [1.165, 1.54) is 302 Å². The summed E-state index contributed by atoms with van der Waals surface area (Å²) in [5.74, 6) is -0.0216. The second-order valence-electron chi connectivity index (χ2n) is 22.5. The monoisotopic (exact) mass is 990 g/mol. The van der Waals surface area contributed by atoms with E-state index in [1.807, 2.05) is 0 Å². The number of aliphatic hydroxyl groups is 2. The lowest BCUT2D eigenvalue weighted by molar-refractivity contribution is -0.143. The first-order valence-electron chi connectivity index (χ1n) is 32.3. The minimum Gasteiger partial charge on any atom is -0.466 e. The van der Waals surface area contributed by atoms with Crippen molar-refractivity contribution < 1.29 is 24.5 Å². The first-order chi connectivity index (χ1) is 34.5. The number of amides is 1. The van der Waals surface area contributed by atoms with Gasteiger partial charge in [-0.2, -0.15) is 0 Å². The minimum absolute atomic E-state index is 0.0111. The number of carbonyl (C=O) groups excluding carboxylic acids is 2. The van der Waals surface area contributed by atoms with E-state index in [-0.39, 0.29) is 18.5 Å². The summed E-state index contributed by atoms with van der Waals surface area (Å²) >= 11 is 0. The molecule has 0 aromatic rings. The number of hydrogen-bond acceptors (Lipinski definition) is 5. The molecule has 70 heavy (non-hydrogen) atoms. The quantitative estimate of drug-likeness (QED) is 0.0417. The zero-order valence-electron chi connectivity index (χ0n) is 47.8. The van der Waals surface area contributed by atoms with Gasteiger partial charge >= 0.3 is 5.97 Å². The maximum absolute atomic E-state index is 12.5. The highest BCUT2D eigenvalue weighted by Crippen LogP contribution is 2.19. The largest absolute Gasteiger partial charge is 0.466 e. The van der Waals surface area contributed by atoms with Gasteiger partial charge in [-0.1, -0.05) is 335 Å². The van der Waals surface area contributed by atoms with E-state index in [9.17, 15) is 19.8 Å². The Morgan fingerprint density at radius 2 is 0.586 bits per heavy atom. The van der Waals surface area contributed by atoms with Crippen LogP contribution >= 0.6 is 0 Å². The lowest BCUT2D eigenvalue weighted by Gasteiger charge is -2.22. The molecule has 2 unspecified atom stereocenters. The van der Waals surface area contributed by atoms with Gasteiger partial charge in [-0.3, -0.25) is 9.59 Å². The number of nitrogens with one attached hydrogen (secondary N) is 1. The van der Waals surface area contributed by atoms with Crippen LogP contribution in [0.5, 0.6) is 0 Å². The molecule has 0 radical (unpaired) electrons. The topological polar surface area (TPSA) is 95.9 Å². The smallest absolute Gasteiger partial charge is 0.305 e. The highest BCUT2D eigenvalue weighted by molar-refractivity contribution is 5.76. The molecule has 0 rings (SSSR count). The number of hydrogen-bond donors (Lipinski definition) is 3. The van der Waals surface area contributed by atoms with Gasteiger partial charge in [0.1, 0.15) is 0 Å². The van der Waals surface area contributed by atoms with Gasteiger partial charge in [0.25, 0.3) is 0 Å². The van der Waals surface area contributed by atoms with Crippen molar-refractivity contribution in [2.24, 2.45) is 0 Å². The van der Waals surface area contributed by atoms with Crippen LogP contribution < -0.4 is 5.32 Å². The SMILES string of the molecule is CCCCCCCCCCCCCCCCCCCCCCCCC(O)C(CO)NC(=O)CCCCCCCCCCCCCCCCCCCCCOC(=O)CCCCCCCCCCCCCC. The molecule has 0 bridgehead atoms. The van der Waals surface area contributed by atoms with Gasteiger partial charge in [-0.25, -0.2) is 0 Å². The van der Waals surface area contributed by atoms with E-state index in [0.29, 0.717) is 25.9 Å². The Kier molecular flexibility index (Phi) is 59.4. The minimum atomic E-state index is -0.666. The van der Waals surface area contributed by atoms with Crippen LogP contribution in [0, 0.1) is 0 Å². The normalized spacial score (nSPS) is 12.5. The second kappa shape index (κ2) is 60.4. The summed E-state index contributed by atoms with van der Waals surface area (Å²) in [5.41, 5.74) is 0. The lowest BCUT2D eigenvalue weighted by Crippen LogP contribution is -2.45. The van der Waals surface area contributed by atoms with Crippen LogP contribution in [0.1, 0.15) is 373 Å². The molecule has 2 atom stereocenters. The Hall–Kier alpha value is -1.14. The summed E-state index contributed by atoms with van der Waals surface area (Å²) in [5, 5.41) is 23.4. The van der Waals surface area contributed by atoms with Crippen LogP contribution in [-0.4, -0.2) is 47.4 Å². The van der Waals surface area contributed by atoms with E-state index in [0.717, 1.165) is 38.5 Å². The van der Waals surface area contributed by atoms with Crippen molar-refractivity contribution in [3.8, 4) is 0 Å². The Bertz CT molecular complexity index is 1010. The average molecular weight is 991 g/mol. The van der Waals surface area contributed by atoms with Gasteiger partial charge in [0, 0.05) is 12.8 Å². The molecule has 0 aliphatic carbocycles. The van der Waals surface area contributed by atoms with Crippen molar-refractivity contribution in [3.05, 3.63) is 0 Å². The van der Waals surface area contributed by atoms with Crippen LogP contribution in [0.25, 0.3) is 0 Å². The molecule has 0 aliphatic heterocycles. The summed E-state index contributed by atoms with van der Waals surface area (Å²) < 4.78 is 5.47. The number of carbonyl (C=O) groups is 2. The summed E-state index contributed by atoms with van der Waals surface area (Å²) in [6.45, 7) is 4.98. The molecular weight excluding hydrogens is 863 g/mol. The van der Waals surface area contributed by atoms with Crippen LogP contribution in [0.3, 0.4) is 0 Å². The van der Waals surface area contributed by atoms with E-state index >= 15 is 0 Å². The van der Waals surface area contributed by atoms with E-state index in [1.54, 1.807) is 0 Å². The van der Waals surface area contributed by atoms with E-state index in [2.05, 4.69) is 19.2 Å². The predicted octanol–water partition coefficient (Wildman–Crippen LogP) is 20.3. The Morgan fingerprint density at radius 3 is 0.871 bits per heavy atom. The summed E-state index contributed by atoms with van der Waals surface area (Å²) in [6, 6.07) is -0.543. The van der Waals surface area contributed by atoms with Crippen LogP contribution in [0.2, 0.25) is 0 Å². The maximum Gasteiger partial charge on any atom is 0.305 e. The number of aliphatic hydroxyl groups excluding tert-OH is 2. The van der Waals surface area contributed by atoms with Gasteiger partial charge in [0.15, 0.2) is 0 Å². The first-order valence-corrected chi connectivity index (χ1v) is 32.3. The fraction of sp³-hybridized carbons (Fsp3) is 0.969. The Morgan fingerprint density at radius 1 is 0.343 bits per heavy atom. The predicted molar refractivity (Wildman–Crippen MR) is 306 cm³/mol. The van der Waals surface area contributed by atoms with Crippen LogP contribution in [-0.2, 0) is 14.3 Å². The molecular formula is C64H127NO5. The number of rotatable bonds is 61. The van der Waals surface area contributed by atoms with Crippen LogP contribution in [0.15, 0.2) is 0 Å². The van der Waals surface area contributed by atoms with Crippen molar-refractivity contribution >= 4 is 11.9 Å². The molecule has 1 amide bonds. The molecule has 0 spiro atoms. The highest BCUT2D eigenvalue weighted by atomic mass is 16.5. The number of unbranched alkanes of at least 4 members (excludes halogenated alkanes) is 50. The van der Waals surface area contributed by atoms with Crippen LogP contribution in [0.4, 0.5) is 0 Å². The molecule has 0 aromatic heterocycles. The Labute approximate surface area is 438 Å². The Balaban J connectivity index is 3.39. The third kappa shape index (κ3) is 56.2. The van der Waals surface area contributed by atoms with E-state index < -0.39 is 12.1 Å². The van der Waals surface area contributed by atoms with E-state index in [4.69, 9.17) is 4.74 Å². The van der Waals surface area contributed by atoms with Gasteiger partial charge in [0.05, 0.1) is 25.4 Å². The molecule has 0 aliphatic rings. The summed E-state index contributed by atoms with van der Waals surface area (Å²) in [7, 11) is 0. The van der Waals surface area contributed by atoms with Crippen molar-refractivity contribution in [1.82, 2.24) is 5.32 Å². The van der Waals surface area contributed by atoms with Gasteiger partial charge in [-0.05, 0) is 25.7 Å². The van der Waals surface area contributed by atoms with Crippen molar-refractivity contribution in [2.75, 3.05) is 13.2 Å². The fourth-order valence-electron chi connectivity index (χ4n) is 10.5. The molecule has 0 heterocycles. The first kappa shape index (κ1) is 68.9. The molecule has 3 N–H and O–H groups in total. The maximum atomic E-state index is 12.5. The molecule has 6 nitrogen and oxygen atoms in total. The third-order valence-corrected chi connectivity index (χ3v) is 15.4.